The first-order chi connectivity index (χ1) is 12.1. The number of carbonyl (C=O) groups is 2. The first-order valence-corrected chi connectivity index (χ1v) is 8.89. The maximum absolute atomic E-state index is 12.6. The number of para-hydroxylation sites is 1. The number of anilines is 1. The molecule has 4 heteroatoms. The molecule has 3 rings (SSSR count). The number of amides is 2. The maximum atomic E-state index is 12.6. The fourth-order valence-electron chi connectivity index (χ4n) is 3.24. The van der Waals surface area contributed by atoms with Crippen molar-refractivity contribution in [2.75, 3.05) is 11.9 Å². The lowest BCUT2D eigenvalue weighted by Crippen LogP contribution is -2.36. The first kappa shape index (κ1) is 17.2. The molecule has 1 saturated carbocycles. The first-order valence-electron chi connectivity index (χ1n) is 8.89. The molecule has 1 aliphatic carbocycles. The summed E-state index contributed by atoms with van der Waals surface area (Å²) in [5, 5.41) is 3.10. The van der Waals surface area contributed by atoms with Crippen molar-refractivity contribution in [2.45, 2.75) is 38.1 Å². The van der Waals surface area contributed by atoms with Gasteiger partial charge in [0.25, 0.3) is 11.8 Å². The fraction of sp³-hybridized carbons (Fsp3) is 0.333. The van der Waals surface area contributed by atoms with Crippen molar-refractivity contribution < 1.29 is 9.59 Å². The van der Waals surface area contributed by atoms with Crippen LogP contribution in [-0.2, 0) is 0 Å². The molecule has 2 amide bonds. The van der Waals surface area contributed by atoms with E-state index in [0.717, 1.165) is 18.5 Å². The van der Waals surface area contributed by atoms with E-state index in [1.165, 1.54) is 19.3 Å². The Morgan fingerprint density at radius 2 is 1.48 bits per heavy atom. The zero-order chi connectivity index (χ0) is 17.6. The molecule has 0 radical (unpaired) electrons. The Morgan fingerprint density at radius 3 is 2.12 bits per heavy atom. The monoisotopic (exact) mass is 336 g/mol. The van der Waals surface area contributed by atoms with Crippen LogP contribution in [0.2, 0.25) is 0 Å². The van der Waals surface area contributed by atoms with Crippen LogP contribution in [0.3, 0.4) is 0 Å². The summed E-state index contributed by atoms with van der Waals surface area (Å²) in [6.45, 7) is 0. The summed E-state index contributed by atoms with van der Waals surface area (Å²) >= 11 is 0. The maximum Gasteiger partial charge on any atom is 0.258 e. The highest BCUT2D eigenvalue weighted by Crippen LogP contribution is 2.18. The van der Waals surface area contributed by atoms with Crippen LogP contribution < -0.4 is 10.2 Å². The molecule has 4 nitrogen and oxygen atoms in total. The van der Waals surface area contributed by atoms with Gasteiger partial charge < -0.3 is 10.2 Å². The van der Waals surface area contributed by atoms with E-state index in [2.05, 4.69) is 5.32 Å². The van der Waals surface area contributed by atoms with Gasteiger partial charge in [-0.15, -0.1) is 0 Å². The standard InChI is InChI=1S/C21H24N2O2/c1-23(19-10-6-3-7-11-19)21(25)17-14-12-16(13-15-17)20(24)22-18-8-4-2-5-9-18/h3,6-7,10-15,18H,2,4-5,8-9H2,1H3,(H,22,24). The Kier molecular flexibility index (Phi) is 5.49. The second-order valence-electron chi connectivity index (χ2n) is 6.59. The molecule has 2 aromatic carbocycles. The highest BCUT2D eigenvalue weighted by atomic mass is 16.2. The Hall–Kier alpha value is -2.62. The highest BCUT2D eigenvalue weighted by molar-refractivity contribution is 6.06. The molecule has 1 aliphatic rings. The molecule has 2 aromatic rings. The molecule has 1 fully saturated rings. The van der Waals surface area contributed by atoms with E-state index in [4.69, 9.17) is 0 Å². The van der Waals surface area contributed by atoms with Gasteiger partial charge in [0.05, 0.1) is 0 Å². The van der Waals surface area contributed by atoms with Crippen LogP contribution in [-0.4, -0.2) is 24.9 Å². The summed E-state index contributed by atoms with van der Waals surface area (Å²) in [4.78, 5) is 26.5. The molecule has 1 N–H and O–H groups in total. The van der Waals surface area contributed by atoms with Crippen LogP contribution in [0.5, 0.6) is 0 Å². The third-order valence-corrected chi connectivity index (χ3v) is 4.78. The van der Waals surface area contributed by atoms with Gasteiger partial charge in [-0.3, -0.25) is 9.59 Å². The number of hydrogen-bond acceptors (Lipinski definition) is 2. The lowest BCUT2D eigenvalue weighted by Gasteiger charge is -2.22. The summed E-state index contributed by atoms with van der Waals surface area (Å²) in [5.74, 6) is -0.146. The van der Waals surface area contributed by atoms with Crippen molar-refractivity contribution in [3.8, 4) is 0 Å². The topological polar surface area (TPSA) is 49.4 Å². The molecule has 0 aliphatic heterocycles. The van der Waals surface area contributed by atoms with E-state index in [1.54, 1.807) is 36.2 Å². The third-order valence-electron chi connectivity index (χ3n) is 4.78. The Bertz CT molecular complexity index is 719. The lowest BCUT2D eigenvalue weighted by atomic mass is 9.95. The van der Waals surface area contributed by atoms with Crippen LogP contribution in [0.15, 0.2) is 54.6 Å². The van der Waals surface area contributed by atoms with Crippen molar-refractivity contribution in [2.24, 2.45) is 0 Å². The average Bonchev–Trinajstić information content (AvgIpc) is 2.68. The smallest absolute Gasteiger partial charge is 0.258 e. The number of carbonyl (C=O) groups excluding carboxylic acids is 2. The van der Waals surface area contributed by atoms with Crippen LogP contribution in [0.1, 0.15) is 52.8 Å². The number of rotatable bonds is 4. The van der Waals surface area contributed by atoms with Crippen LogP contribution in [0, 0.1) is 0 Å². The minimum atomic E-state index is -0.0922. The van der Waals surface area contributed by atoms with E-state index in [9.17, 15) is 9.59 Å². The molecular formula is C21H24N2O2. The number of benzene rings is 2. The molecule has 0 spiro atoms. The molecule has 0 bridgehead atoms. The number of nitrogens with one attached hydrogen (secondary N) is 1. The molecule has 0 aromatic heterocycles. The molecule has 130 valence electrons. The predicted molar refractivity (Wildman–Crippen MR) is 100.0 cm³/mol. The van der Waals surface area contributed by atoms with Gasteiger partial charge in [0.2, 0.25) is 0 Å². The number of hydrogen-bond donors (Lipinski definition) is 1. The minimum Gasteiger partial charge on any atom is -0.349 e. The normalized spacial score (nSPS) is 14.8. The van der Waals surface area contributed by atoms with Gasteiger partial charge in [0.15, 0.2) is 0 Å². The lowest BCUT2D eigenvalue weighted by molar-refractivity contribution is 0.0925. The number of nitrogens with zero attached hydrogens (tertiary/aromatic N) is 1. The third kappa shape index (κ3) is 4.27. The summed E-state index contributed by atoms with van der Waals surface area (Å²) in [6, 6.07) is 16.7. The average molecular weight is 336 g/mol. The molecular weight excluding hydrogens is 312 g/mol. The van der Waals surface area contributed by atoms with E-state index < -0.39 is 0 Å². The van der Waals surface area contributed by atoms with E-state index in [0.29, 0.717) is 11.1 Å². The SMILES string of the molecule is CN(C(=O)c1ccc(C(=O)NC2CCCCC2)cc1)c1ccccc1. The molecule has 0 heterocycles. The summed E-state index contributed by atoms with van der Waals surface area (Å²) in [6.07, 6.45) is 5.75. The molecule has 0 atom stereocenters. The summed E-state index contributed by atoms with van der Waals surface area (Å²) in [5.41, 5.74) is 2.01. The fourth-order valence-corrected chi connectivity index (χ4v) is 3.24. The minimum absolute atomic E-state index is 0.0534. The zero-order valence-electron chi connectivity index (χ0n) is 14.6. The Labute approximate surface area is 148 Å². The second-order valence-corrected chi connectivity index (χ2v) is 6.59. The van der Waals surface area contributed by atoms with Crippen molar-refractivity contribution in [3.05, 3.63) is 65.7 Å². The van der Waals surface area contributed by atoms with Gasteiger partial charge in [0, 0.05) is 29.9 Å². The highest BCUT2D eigenvalue weighted by Gasteiger charge is 2.18. The molecule has 25 heavy (non-hydrogen) atoms. The van der Waals surface area contributed by atoms with Gasteiger partial charge >= 0.3 is 0 Å². The van der Waals surface area contributed by atoms with E-state index in [-0.39, 0.29) is 17.9 Å². The van der Waals surface area contributed by atoms with Gasteiger partial charge in [-0.2, -0.15) is 0 Å². The van der Waals surface area contributed by atoms with Gasteiger partial charge in [-0.1, -0.05) is 37.5 Å². The Balaban J connectivity index is 1.65. The zero-order valence-corrected chi connectivity index (χ0v) is 14.6. The summed E-state index contributed by atoms with van der Waals surface area (Å²) < 4.78 is 0. The van der Waals surface area contributed by atoms with Crippen molar-refractivity contribution >= 4 is 17.5 Å². The van der Waals surface area contributed by atoms with Crippen molar-refractivity contribution in [3.63, 3.8) is 0 Å². The van der Waals surface area contributed by atoms with Gasteiger partial charge in [-0.05, 0) is 49.2 Å². The van der Waals surface area contributed by atoms with Gasteiger partial charge in [-0.25, -0.2) is 0 Å². The molecule has 0 unspecified atom stereocenters. The van der Waals surface area contributed by atoms with E-state index in [1.807, 2.05) is 30.3 Å². The van der Waals surface area contributed by atoms with E-state index >= 15 is 0 Å². The predicted octanol–water partition coefficient (Wildman–Crippen LogP) is 4.03. The second kappa shape index (κ2) is 7.97. The summed E-state index contributed by atoms with van der Waals surface area (Å²) in [7, 11) is 1.75. The van der Waals surface area contributed by atoms with Crippen LogP contribution in [0.25, 0.3) is 0 Å². The van der Waals surface area contributed by atoms with Crippen LogP contribution in [0.4, 0.5) is 5.69 Å². The molecule has 0 saturated heterocycles. The Morgan fingerprint density at radius 1 is 0.880 bits per heavy atom. The van der Waals surface area contributed by atoms with Crippen molar-refractivity contribution in [1.29, 1.82) is 0 Å². The quantitative estimate of drug-likeness (QED) is 0.916. The van der Waals surface area contributed by atoms with Gasteiger partial charge in [0.1, 0.15) is 0 Å². The largest absolute Gasteiger partial charge is 0.349 e. The van der Waals surface area contributed by atoms with Crippen LogP contribution >= 0.6 is 0 Å². The van der Waals surface area contributed by atoms with Crippen molar-refractivity contribution in [1.82, 2.24) is 5.32 Å².